The Hall–Kier alpha value is -1.46. The molecule has 0 spiro atoms. The van der Waals surface area contributed by atoms with Crippen molar-refractivity contribution in [1.29, 1.82) is 0 Å². The topological polar surface area (TPSA) is 75.4 Å². The van der Waals surface area contributed by atoms with E-state index in [4.69, 9.17) is 5.11 Å². The van der Waals surface area contributed by atoms with Gasteiger partial charge in [-0.15, -0.1) is 0 Å². The summed E-state index contributed by atoms with van der Waals surface area (Å²) in [6.45, 7) is 3.35. The molecule has 0 bridgehead atoms. The van der Waals surface area contributed by atoms with Crippen LogP contribution in [-0.2, 0) is 6.42 Å². The molecule has 0 aliphatic carbocycles. The number of non-ortho nitro benzene ring substituents is 1. The van der Waals surface area contributed by atoms with E-state index >= 15 is 0 Å². The van der Waals surface area contributed by atoms with Crippen molar-refractivity contribution in [2.45, 2.75) is 25.9 Å². The lowest BCUT2D eigenvalue weighted by atomic mass is 10.1. The number of rotatable bonds is 7. The number of aliphatic hydroxyl groups is 1. The molecule has 0 heterocycles. The monoisotopic (exact) mass is 238 g/mol. The third-order valence-corrected chi connectivity index (χ3v) is 2.48. The average Bonchev–Trinajstić information content (AvgIpc) is 2.29. The Kier molecular flexibility index (Phi) is 5.59. The van der Waals surface area contributed by atoms with Crippen LogP contribution < -0.4 is 5.32 Å². The van der Waals surface area contributed by atoms with Crippen molar-refractivity contribution in [3.05, 3.63) is 39.9 Å². The van der Waals surface area contributed by atoms with E-state index in [1.165, 1.54) is 12.1 Å². The van der Waals surface area contributed by atoms with Crippen LogP contribution in [0.3, 0.4) is 0 Å². The first kappa shape index (κ1) is 13.6. The zero-order valence-corrected chi connectivity index (χ0v) is 9.93. The van der Waals surface area contributed by atoms with Gasteiger partial charge in [-0.2, -0.15) is 0 Å². The molecule has 0 amide bonds. The van der Waals surface area contributed by atoms with Gasteiger partial charge in [0.25, 0.3) is 5.69 Å². The minimum Gasteiger partial charge on any atom is -0.393 e. The highest BCUT2D eigenvalue weighted by molar-refractivity contribution is 5.32. The maximum absolute atomic E-state index is 10.4. The summed E-state index contributed by atoms with van der Waals surface area (Å²) in [7, 11) is 0. The van der Waals surface area contributed by atoms with Crippen molar-refractivity contribution in [1.82, 2.24) is 5.32 Å². The van der Waals surface area contributed by atoms with Gasteiger partial charge in [0.1, 0.15) is 0 Å². The van der Waals surface area contributed by atoms with Crippen molar-refractivity contribution in [3.63, 3.8) is 0 Å². The summed E-state index contributed by atoms with van der Waals surface area (Å²) >= 11 is 0. The standard InChI is InChI=1S/C12H18N2O3/c1-10(15)6-8-13-9-7-11-2-4-12(5-3-11)14(16)17/h2-5,10,13,15H,6-9H2,1H3. The number of nitro benzene ring substituents is 1. The maximum atomic E-state index is 10.4. The van der Waals surface area contributed by atoms with E-state index in [1.807, 2.05) is 0 Å². The van der Waals surface area contributed by atoms with Gasteiger partial charge in [0, 0.05) is 12.1 Å². The van der Waals surface area contributed by atoms with E-state index < -0.39 is 4.92 Å². The number of hydrogen-bond donors (Lipinski definition) is 2. The van der Waals surface area contributed by atoms with Gasteiger partial charge in [0.15, 0.2) is 0 Å². The summed E-state index contributed by atoms with van der Waals surface area (Å²) in [6, 6.07) is 6.58. The Morgan fingerprint density at radius 1 is 1.35 bits per heavy atom. The van der Waals surface area contributed by atoms with Crippen LogP contribution in [-0.4, -0.2) is 29.2 Å². The molecule has 0 radical (unpaired) electrons. The largest absolute Gasteiger partial charge is 0.393 e. The first-order valence-corrected chi connectivity index (χ1v) is 5.71. The lowest BCUT2D eigenvalue weighted by Gasteiger charge is -2.06. The van der Waals surface area contributed by atoms with Crippen molar-refractivity contribution in [3.8, 4) is 0 Å². The molecular formula is C12H18N2O3. The van der Waals surface area contributed by atoms with Crippen LogP contribution in [0.15, 0.2) is 24.3 Å². The molecule has 0 aliphatic heterocycles. The minimum absolute atomic E-state index is 0.121. The fourth-order valence-corrected chi connectivity index (χ4v) is 1.45. The van der Waals surface area contributed by atoms with Gasteiger partial charge in [-0.1, -0.05) is 12.1 Å². The number of nitrogens with one attached hydrogen (secondary N) is 1. The zero-order valence-electron chi connectivity index (χ0n) is 9.93. The van der Waals surface area contributed by atoms with E-state index in [1.54, 1.807) is 19.1 Å². The van der Waals surface area contributed by atoms with Gasteiger partial charge in [-0.05, 0) is 38.4 Å². The second-order valence-electron chi connectivity index (χ2n) is 4.06. The van der Waals surface area contributed by atoms with Crippen molar-refractivity contribution in [2.75, 3.05) is 13.1 Å². The number of hydrogen-bond acceptors (Lipinski definition) is 4. The van der Waals surface area contributed by atoms with E-state index in [0.717, 1.165) is 31.5 Å². The molecule has 0 fully saturated rings. The smallest absolute Gasteiger partial charge is 0.269 e. The summed E-state index contributed by atoms with van der Waals surface area (Å²) in [5, 5.41) is 22.7. The Balaban J connectivity index is 2.25. The Labute approximate surface area is 101 Å². The molecule has 5 nitrogen and oxygen atoms in total. The van der Waals surface area contributed by atoms with Gasteiger partial charge in [-0.3, -0.25) is 10.1 Å². The molecule has 1 aromatic rings. The average molecular weight is 238 g/mol. The molecule has 2 N–H and O–H groups in total. The van der Waals surface area contributed by atoms with Crippen LogP contribution >= 0.6 is 0 Å². The van der Waals surface area contributed by atoms with E-state index in [2.05, 4.69) is 5.32 Å². The molecule has 1 unspecified atom stereocenters. The molecule has 1 aromatic carbocycles. The summed E-state index contributed by atoms with van der Waals surface area (Å²) in [5.74, 6) is 0. The maximum Gasteiger partial charge on any atom is 0.269 e. The lowest BCUT2D eigenvalue weighted by Crippen LogP contribution is -2.21. The quantitative estimate of drug-likeness (QED) is 0.429. The van der Waals surface area contributed by atoms with Crippen LogP contribution in [0.4, 0.5) is 5.69 Å². The fraction of sp³-hybridized carbons (Fsp3) is 0.500. The first-order chi connectivity index (χ1) is 8.09. The highest BCUT2D eigenvalue weighted by atomic mass is 16.6. The third kappa shape index (κ3) is 5.42. The van der Waals surface area contributed by atoms with Crippen molar-refractivity contribution >= 4 is 5.69 Å². The number of benzene rings is 1. The Morgan fingerprint density at radius 2 is 2.00 bits per heavy atom. The minimum atomic E-state index is -0.398. The Bertz CT molecular complexity index is 349. The Morgan fingerprint density at radius 3 is 2.53 bits per heavy atom. The van der Waals surface area contributed by atoms with Gasteiger partial charge in [0.2, 0.25) is 0 Å². The molecular weight excluding hydrogens is 220 g/mol. The number of aliphatic hydroxyl groups excluding tert-OH is 1. The number of nitro groups is 1. The summed E-state index contributed by atoms with van der Waals surface area (Å²) < 4.78 is 0. The summed E-state index contributed by atoms with van der Waals surface area (Å²) in [5.41, 5.74) is 1.19. The van der Waals surface area contributed by atoms with Gasteiger partial charge >= 0.3 is 0 Å². The number of nitrogens with zero attached hydrogens (tertiary/aromatic N) is 1. The van der Waals surface area contributed by atoms with Crippen LogP contribution in [0.1, 0.15) is 18.9 Å². The molecule has 5 heteroatoms. The highest BCUT2D eigenvalue weighted by Gasteiger charge is 2.03. The first-order valence-electron chi connectivity index (χ1n) is 5.71. The second-order valence-corrected chi connectivity index (χ2v) is 4.06. The lowest BCUT2D eigenvalue weighted by molar-refractivity contribution is -0.384. The molecule has 17 heavy (non-hydrogen) atoms. The van der Waals surface area contributed by atoms with Crippen molar-refractivity contribution in [2.24, 2.45) is 0 Å². The fourth-order valence-electron chi connectivity index (χ4n) is 1.45. The highest BCUT2D eigenvalue weighted by Crippen LogP contribution is 2.11. The predicted octanol–water partition coefficient (Wildman–Crippen LogP) is 1.50. The molecule has 0 saturated heterocycles. The normalized spacial score (nSPS) is 12.4. The van der Waals surface area contributed by atoms with E-state index in [0.29, 0.717) is 0 Å². The van der Waals surface area contributed by atoms with Crippen LogP contribution in [0, 0.1) is 10.1 Å². The zero-order chi connectivity index (χ0) is 12.7. The van der Waals surface area contributed by atoms with Gasteiger partial charge in [0.05, 0.1) is 11.0 Å². The molecule has 0 aliphatic rings. The van der Waals surface area contributed by atoms with Gasteiger partial charge < -0.3 is 10.4 Å². The van der Waals surface area contributed by atoms with Crippen molar-refractivity contribution < 1.29 is 10.0 Å². The molecule has 0 saturated carbocycles. The molecule has 1 atom stereocenters. The predicted molar refractivity (Wildman–Crippen MR) is 66.0 cm³/mol. The van der Waals surface area contributed by atoms with Crippen LogP contribution in [0.5, 0.6) is 0 Å². The third-order valence-electron chi connectivity index (χ3n) is 2.48. The van der Waals surface area contributed by atoms with Gasteiger partial charge in [-0.25, -0.2) is 0 Å². The summed E-state index contributed by atoms with van der Waals surface area (Å²) in [4.78, 5) is 10.0. The molecule has 94 valence electrons. The van der Waals surface area contributed by atoms with Crippen LogP contribution in [0.2, 0.25) is 0 Å². The van der Waals surface area contributed by atoms with E-state index in [9.17, 15) is 10.1 Å². The molecule has 1 rings (SSSR count). The molecule has 0 aromatic heterocycles. The second kappa shape index (κ2) is 6.98. The van der Waals surface area contributed by atoms with E-state index in [-0.39, 0.29) is 11.8 Å². The summed E-state index contributed by atoms with van der Waals surface area (Å²) in [6.07, 6.45) is 1.29. The van der Waals surface area contributed by atoms with Crippen LogP contribution in [0.25, 0.3) is 0 Å². The SMILES string of the molecule is CC(O)CCNCCc1ccc([N+](=O)[O-])cc1.